The first-order chi connectivity index (χ1) is 19.9. The quantitative estimate of drug-likeness (QED) is 0.0606. The Morgan fingerprint density at radius 1 is 0.884 bits per heavy atom. The number of aromatic nitrogens is 1. The predicted molar refractivity (Wildman–Crippen MR) is 180 cm³/mol. The van der Waals surface area contributed by atoms with Crippen LogP contribution in [-0.4, -0.2) is 23.9 Å². The van der Waals surface area contributed by atoms with Gasteiger partial charge in [-0.3, -0.25) is 4.79 Å². The number of carbonyl (C=O) groups is 1. The molecule has 0 atom stereocenters. The Balaban J connectivity index is 0.000000348. The van der Waals surface area contributed by atoms with E-state index in [4.69, 9.17) is 0 Å². The number of fused-ring (bicyclic) bond motifs is 3. The maximum absolute atomic E-state index is 15.2. The summed E-state index contributed by atoms with van der Waals surface area (Å²) in [7, 11) is -1.73. The standard InChI is InChI=1S/C24H23FNSi.C13H24O2.Ir/c1-15-12-16(2)14-17(13-15)24-21-7-6-20-18(19(21)10-11-26-24)8-9-22(23(20)25)27(3,4)5;1-5-10(6-2)12(14)9-13(15)11(7-3)8-4;/h6-13H,1-5H3;9-11,14H,5-8H2,1-4H3;/q-1;;. The van der Waals surface area contributed by atoms with Gasteiger partial charge >= 0.3 is 0 Å². The summed E-state index contributed by atoms with van der Waals surface area (Å²) in [6.45, 7) is 18.7. The Morgan fingerprint density at radius 2 is 1.44 bits per heavy atom. The van der Waals surface area contributed by atoms with Gasteiger partial charge in [0.05, 0.1) is 13.8 Å². The number of aliphatic hydroxyl groups is 1. The van der Waals surface area contributed by atoms with Gasteiger partial charge in [-0.2, -0.15) is 0 Å². The number of benzene rings is 3. The average molecular weight is 777 g/mol. The fraction of sp³-hybridized carbons (Fsp3) is 0.405. The van der Waals surface area contributed by atoms with E-state index in [0.717, 1.165) is 63.8 Å². The van der Waals surface area contributed by atoms with Crippen LogP contribution in [-0.2, 0) is 24.9 Å². The first-order valence-corrected chi connectivity index (χ1v) is 18.8. The van der Waals surface area contributed by atoms with Crippen molar-refractivity contribution in [3.8, 4) is 11.3 Å². The predicted octanol–water partition coefficient (Wildman–Crippen LogP) is 10.0. The van der Waals surface area contributed by atoms with E-state index >= 15 is 4.39 Å². The minimum absolute atomic E-state index is 0. The number of hydrogen-bond acceptors (Lipinski definition) is 3. The second-order valence-electron chi connectivity index (χ2n) is 12.3. The molecule has 0 saturated heterocycles. The summed E-state index contributed by atoms with van der Waals surface area (Å²) in [4.78, 5) is 16.3. The molecule has 4 aromatic rings. The van der Waals surface area contributed by atoms with Crippen LogP contribution < -0.4 is 5.19 Å². The number of aliphatic hydroxyl groups excluding tert-OH is 1. The first-order valence-electron chi connectivity index (χ1n) is 15.3. The number of ketones is 1. The molecular weight excluding hydrogens is 730 g/mol. The summed E-state index contributed by atoms with van der Waals surface area (Å²) in [6, 6.07) is 17.6. The number of carbonyl (C=O) groups excluding carboxylic acids is 1. The molecule has 0 aliphatic carbocycles. The van der Waals surface area contributed by atoms with Crippen LogP contribution in [0.3, 0.4) is 0 Å². The Morgan fingerprint density at radius 3 is 2.00 bits per heavy atom. The molecule has 1 aromatic heterocycles. The van der Waals surface area contributed by atoms with Gasteiger partial charge in [-0.05, 0) is 58.8 Å². The fourth-order valence-electron chi connectivity index (χ4n) is 5.63. The molecule has 0 amide bonds. The van der Waals surface area contributed by atoms with Gasteiger partial charge in [0.1, 0.15) is 5.82 Å². The van der Waals surface area contributed by atoms with E-state index in [1.807, 2.05) is 65.1 Å². The minimum Gasteiger partial charge on any atom is -0.512 e. The zero-order chi connectivity index (χ0) is 31.2. The van der Waals surface area contributed by atoms with Crippen molar-refractivity contribution in [2.45, 2.75) is 86.9 Å². The van der Waals surface area contributed by atoms with Gasteiger partial charge in [-0.1, -0.05) is 85.4 Å². The summed E-state index contributed by atoms with van der Waals surface area (Å²) in [5.74, 6) is 0.482. The molecule has 1 N–H and O–H groups in total. The molecule has 0 aliphatic heterocycles. The molecule has 0 fully saturated rings. The molecule has 3 nitrogen and oxygen atoms in total. The molecule has 0 spiro atoms. The third-order valence-corrected chi connectivity index (χ3v) is 10.2. The third kappa shape index (κ3) is 8.71. The normalized spacial score (nSPS) is 12.0. The van der Waals surface area contributed by atoms with Gasteiger partial charge in [-0.15, -0.1) is 34.9 Å². The van der Waals surface area contributed by atoms with Crippen LogP contribution in [0.5, 0.6) is 0 Å². The number of hydrogen-bond donors (Lipinski definition) is 1. The monoisotopic (exact) mass is 777 g/mol. The Bertz CT molecular complexity index is 1560. The van der Waals surface area contributed by atoms with Gasteiger partial charge in [0.2, 0.25) is 0 Å². The van der Waals surface area contributed by atoms with Gasteiger partial charge in [0.15, 0.2) is 5.78 Å². The van der Waals surface area contributed by atoms with E-state index in [1.54, 1.807) is 0 Å². The van der Waals surface area contributed by atoms with Crippen LogP contribution >= 0.6 is 0 Å². The van der Waals surface area contributed by atoms with E-state index < -0.39 is 8.07 Å². The minimum atomic E-state index is -1.73. The van der Waals surface area contributed by atoms with E-state index in [1.165, 1.54) is 11.6 Å². The van der Waals surface area contributed by atoms with Crippen molar-refractivity contribution >= 4 is 40.6 Å². The number of allylic oxidation sites excluding steroid dienone is 2. The second kappa shape index (κ2) is 15.9. The molecule has 0 unspecified atom stereocenters. The molecule has 1 radical (unpaired) electrons. The molecule has 233 valence electrons. The van der Waals surface area contributed by atoms with Crippen LogP contribution in [0, 0.1) is 37.6 Å². The van der Waals surface area contributed by atoms with Crippen molar-refractivity contribution in [1.29, 1.82) is 0 Å². The average Bonchev–Trinajstić information content (AvgIpc) is 2.93. The van der Waals surface area contributed by atoms with E-state index in [9.17, 15) is 9.90 Å². The molecule has 3 aromatic carbocycles. The van der Waals surface area contributed by atoms with Crippen LogP contribution in [0.1, 0.15) is 64.5 Å². The smallest absolute Gasteiger partial charge is 0.162 e. The van der Waals surface area contributed by atoms with Crippen LogP contribution in [0.4, 0.5) is 4.39 Å². The zero-order valence-electron chi connectivity index (χ0n) is 27.2. The van der Waals surface area contributed by atoms with Crippen molar-refractivity contribution < 1.29 is 34.4 Å². The van der Waals surface area contributed by atoms with Crippen molar-refractivity contribution in [2.75, 3.05) is 0 Å². The van der Waals surface area contributed by atoms with E-state index in [0.29, 0.717) is 5.39 Å². The Kier molecular flexibility index (Phi) is 13.5. The second-order valence-corrected chi connectivity index (χ2v) is 17.4. The van der Waals surface area contributed by atoms with Crippen molar-refractivity contribution in [2.24, 2.45) is 11.8 Å². The third-order valence-electron chi connectivity index (χ3n) is 8.17. The zero-order valence-corrected chi connectivity index (χ0v) is 30.6. The van der Waals surface area contributed by atoms with Crippen molar-refractivity contribution in [3.05, 3.63) is 83.5 Å². The molecule has 0 bridgehead atoms. The van der Waals surface area contributed by atoms with Crippen LogP contribution in [0.2, 0.25) is 19.6 Å². The number of rotatable bonds is 9. The molecular formula is C37H47FIrNO2Si-. The van der Waals surface area contributed by atoms with Crippen molar-refractivity contribution in [3.63, 3.8) is 0 Å². The molecule has 1 heterocycles. The number of aryl methyl sites for hydroxylation is 2. The Hall–Kier alpha value is -2.66. The molecule has 0 aliphatic rings. The Labute approximate surface area is 272 Å². The van der Waals surface area contributed by atoms with Gasteiger partial charge < -0.3 is 10.1 Å². The first kappa shape index (κ1) is 36.5. The number of pyridine rings is 1. The fourth-order valence-corrected chi connectivity index (χ4v) is 7.01. The summed E-state index contributed by atoms with van der Waals surface area (Å²) < 4.78 is 15.2. The van der Waals surface area contributed by atoms with Gasteiger partial charge in [-0.25, -0.2) is 4.39 Å². The SMILES string of the molecule is CCC(CC)C(=O)C=C(O)C(CC)CC.Cc1[c-]c(-c2nccc3c2ccc2c(F)c([Si](C)(C)C)ccc23)cc(C)c1.[Ir]. The number of nitrogens with zero attached hydrogens (tertiary/aromatic N) is 1. The maximum atomic E-state index is 15.2. The van der Waals surface area contributed by atoms with Gasteiger partial charge in [0.25, 0.3) is 0 Å². The van der Waals surface area contributed by atoms with E-state index in [-0.39, 0.29) is 49.3 Å². The topological polar surface area (TPSA) is 50.2 Å². The number of halogens is 1. The maximum Gasteiger partial charge on any atom is 0.162 e. The molecule has 0 saturated carbocycles. The van der Waals surface area contributed by atoms with Crippen LogP contribution in [0.15, 0.2) is 60.5 Å². The summed E-state index contributed by atoms with van der Waals surface area (Å²) >= 11 is 0. The molecule has 43 heavy (non-hydrogen) atoms. The van der Waals surface area contributed by atoms with E-state index in [2.05, 4.69) is 55.8 Å². The summed E-state index contributed by atoms with van der Waals surface area (Å²) in [5.41, 5.74) is 4.16. The molecule has 6 heteroatoms. The summed E-state index contributed by atoms with van der Waals surface area (Å²) in [5, 5.41) is 14.4. The largest absolute Gasteiger partial charge is 0.512 e. The summed E-state index contributed by atoms with van der Waals surface area (Å²) in [6.07, 6.45) is 6.72. The van der Waals surface area contributed by atoms with Gasteiger partial charge in [0, 0.05) is 49.6 Å². The molecule has 4 rings (SSSR count). The van der Waals surface area contributed by atoms with Crippen molar-refractivity contribution in [1.82, 2.24) is 4.98 Å². The van der Waals surface area contributed by atoms with Crippen LogP contribution in [0.25, 0.3) is 32.8 Å².